The molecule has 0 spiro atoms. The highest BCUT2D eigenvalue weighted by Gasteiger charge is 2.26. The largest absolute Gasteiger partial charge is 0.491 e. The molecule has 0 atom stereocenters. The van der Waals surface area contributed by atoms with Crippen LogP contribution in [0.2, 0.25) is 0 Å². The average molecular weight is 1040 g/mol. The lowest BCUT2D eigenvalue weighted by molar-refractivity contribution is -0.385. The molecule has 0 saturated carbocycles. The van der Waals surface area contributed by atoms with E-state index in [0.717, 1.165) is 9.13 Å². The van der Waals surface area contributed by atoms with E-state index < -0.39 is 32.1 Å². The third-order valence-corrected chi connectivity index (χ3v) is 12.6. The van der Waals surface area contributed by atoms with Crippen LogP contribution in [0.15, 0.2) is 141 Å². The Morgan fingerprint density at radius 3 is 1.04 bits per heavy atom. The second-order valence-corrected chi connectivity index (χ2v) is 17.3. The number of aromatic nitrogens is 2. The first kappa shape index (κ1) is 52.4. The van der Waals surface area contributed by atoms with Crippen LogP contribution in [-0.2, 0) is 28.4 Å². The lowest BCUT2D eigenvalue weighted by Gasteiger charge is -2.14. The van der Waals surface area contributed by atoms with Crippen molar-refractivity contribution in [3.63, 3.8) is 0 Å². The minimum Gasteiger partial charge on any atom is -0.491 e. The zero-order valence-corrected chi connectivity index (χ0v) is 41.4. The molecule has 0 radical (unpaired) electrons. The van der Waals surface area contributed by atoms with Crippen LogP contribution < -0.4 is 31.7 Å². The number of ether oxygens (including phenoxy) is 8. The molecule has 0 amide bonds. The number of methoxy groups -OCH3 is 2. The van der Waals surface area contributed by atoms with Crippen molar-refractivity contribution in [1.29, 1.82) is 0 Å². The number of fused-ring (bicyclic) bond motifs is 4. The van der Waals surface area contributed by atoms with E-state index in [2.05, 4.69) is 0 Å². The van der Waals surface area contributed by atoms with E-state index in [0.29, 0.717) is 121 Å². The molecule has 0 fully saturated rings. The Balaban J connectivity index is 1.17. The van der Waals surface area contributed by atoms with Gasteiger partial charge in [-0.25, -0.2) is 9.13 Å². The van der Waals surface area contributed by atoms with E-state index in [9.17, 15) is 39.4 Å². The zero-order chi connectivity index (χ0) is 53.3. The fourth-order valence-electron chi connectivity index (χ4n) is 9.05. The summed E-state index contributed by atoms with van der Waals surface area (Å²) >= 11 is 0. The Bertz CT molecular complexity index is 3520. The summed E-state index contributed by atoms with van der Waals surface area (Å²) in [6, 6.07) is 31.0. The predicted octanol–water partition coefficient (Wildman–Crippen LogP) is 7.46. The van der Waals surface area contributed by atoms with Crippen molar-refractivity contribution in [2.24, 2.45) is 0 Å². The molecule has 0 aliphatic rings. The Morgan fingerprint density at radius 1 is 0.395 bits per heavy atom. The summed E-state index contributed by atoms with van der Waals surface area (Å²) in [6.07, 6.45) is 0. The number of non-ortho nitro benzene ring substituents is 2. The summed E-state index contributed by atoms with van der Waals surface area (Å²) in [6.45, 7) is 4.47. The average Bonchev–Trinajstić information content (AvgIpc) is 3.98. The predicted molar refractivity (Wildman–Crippen MR) is 285 cm³/mol. The van der Waals surface area contributed by atoms with Gasteiger partial charge < -0.3 is 37.9 Å². The molecule has 0 saturated heterocycles. The maximum absolute atomic E-state index is 14.7. The van der Waals surface area contributed by atoms with Gasteiger partial charge in [0.2, 0.25) is 0 Å². The standard InChI is InChI=1S/C56H50N4O16/c1-69-19-21-71-23-25-73-27-29-75-43-15-3-35(4-16-43)49-45-31-38-34-48-52(56(64)58(54(48)62)40-9-13-42(14-10-40)60(67)68)50(36-5-17-44(18-6-36)76-30-28-74-26-24-72-22-20-70-2)46(38)32-37(45)33-47-51(49)55(63)57(53(47)61)39-7-11-41(12-8-39)59(65)66/h3-18,31-34H,19-30H2,1-2H3. The van der Waals surface area contributed by atoms with Gasteiger partial charge >= 0.3 is 0 Å². The van der Waals surface area contributed by atoms with Crippen molar-refractivity contribution in [3.05, 3.63) is 183 Å². The Labute approximate surface area is 431 Å². The van der Waals surface area contributed by atoms with Crippen LogP contribution in [0.4, 0.5) is 11.4 Å². The van der Waals surface area contributed by atoms with Crippen LogP contribution in [0.5, 0.6) is 11.5 Å². The smallest absolute Gasteiger partial charge is 0.269 e. The fourth-order valence-corrected chi connectivity index (χ4v) is 9.05. The van der Waals surface area contributed by atoms with Crippen LogP contribution in [0.1, 0.15) is 0 Å². The van der Waals surface area contributed by atoms with Crippen molar-refractivity contribution in [1.82, 2.24) is 9.13 Å². The van der Waals surface area contributed by atoms with Crippen LogP contribution in [0.25, 0.3) is 76.7 Å². The van der Waals surface area contributed by atoms with Crippen molar-refractivity contribution in [2.75, 3.05) is 93.5 Å². The van der Waals surface area contributed by atoms with E-state index in [1.807, 2.05) is 12.1 Å². The van der Waals surface area contributed by atoms with E-state index in [4.69, 9.17) is 37.9 Å². The first-order valence-corrected chi connectivity index (χ1v) is 24.1. The third-order valence-electron chi connectivity index (χ3n) is 12.6. The second-order valence-electron chi connectivity index (χ2n) is 17.3. The van der Waals surface area contributed by atoms with Gasteiger partial charge in [0.05, 0.1) is 109 Å². The van der Waals surface area contributed by atoms with E-state index in [1.165, 1.54) is 48.5 Å². The summed E-state index contributed by atoms with van der Waals surface area (Å²) < 4.78 is 46.0. The monoisotopic (exact) mass is 1030 g/mol. The first-order valence-electron chi connectivity index (χ1n) is 24.1. The molecular weight excluding hydrogens is 985 g/mol. The van der Waals surface area contributed by atoms with Crippen molar-refractivity contribution in [3.8, 4) is 45.1 Å². The Hall–Kier alpha value is -8.50. The van der Waals surface area contributed by atoms with Crippen molar-refractivity contribution in [2.45, 2.75) is 0 Å². The number of hydrogen-bond donors (Lipinski definition) is 0. The number of nitro benzene ring substituents is 2. The van der Waals surface area contributed by atoms with Crippen LogP contribution in [-0.4, -0.2) is 112 Å². The van der Waals surface area contributed by atoms with E-state index in [1.54, 1.807) is 74.9 Å². The van der Waals surface area contributed by atoms with Crippen LogP contribution in [0.3, 0.4) is 0 Å². The summed E-state index contributed by atoms with van der Waals surface area (Å²) in [4.78, 5) is 80.5. The normalized spacial score (nSPS) is 11.6. The van der Waals surface area contributed by atoms with Gasteiger partial charge in [0, 0.05) is 49.6 Å². The maximum atomic E-state index is 14.7. The molecule has 2 heterocycles. The van der Waals surface area contributed by atoms with Gasteiger partial charge in [-0.2, -0.15) is 0 Å². The molecule has 20 heteroatoms. The van der Waals surface area contributed by atoms with E-state index in [-0.39, 0.29) is 57.5 Å². The van der Waals surface area contributed by atoms with Crippen LogP contribution >= 0.6 is 0 Å². The molecule has 0 N–H and O–H groups in total. The third kappa shape index (κ3) is 11.0. The quantitative estimate of drug-likeness (QED) is 0.0221. The lowest BCUT2D eigenvalue weighted by atomic mass is 9.88. The molecule has 0 unspecified atom stereocenters. The molecule has 7 aromatic carbocycles. The van der Waals surface area contributed by atoms with E-state index >= 15 is 0 Å². The second kappa shape index (κ2) is 23.8. The lowest BCUT2D eigenvalue weighted by Crippen LogP contribution is -2.23. The molecule has 0 aliphatic carbocycles. The summed E-state index contributed by atoms with van der Waals surface area (Å²) in [5, 5.41) is 25.4. The maximum Gasteiger partial charge on any atom is 0.269 e. The van der Waals surface area contributed by atoms with Gasteiger partial charge in [0.1, 0.15) is 24.7 Å². The number of nitrogens with zero attached hydrogens (tertiary/aromatic N) is 4. The molecule has 76 heavy (non-hydrogen) atoms. The zero-order valence-electron chi connectivity index (χ0n) is 41.4. The minimum atomic E-state index is -0.662. The highest BCUT2D eigenvalue weighted by Crippen LogP contribution is 2.42. The molecule has 0 aliphatic heterocycles. The van der Waals surface area contributed by atoms with Gasteiger partial charge in [-0.1, -0.05) is 24.3 Å². The number of nitro groups is 2. The van der Waals surface area contributed by atoms with Crippen molar-refractivity contribution >= 4 is 54.5 Å². The molecule has 2 aromatic heterocycles. The summed E-state index contributed by atoms with van der Waals surface area (Å²) in [5.41, 5.74) is -0.982. The molecule has 9 rings (SSSR count). The topological polar surface area (TPSA) is 238 Å². The SMILES string of the molecule is COCCOCCOCCOc1ccc(-c2c3cc4cc5c(=O)n(-c6ccc([N+](=O)[O-])cc6)c(=O)c5c(-c5ccc(OCCOCCOCCOC)cc5)c4cc3cc3c(=O)n(-c4ccc([N+](=O)[O-])cc4)c(=O)c23)cc1. The molecule has 390 valence electrons. The highest BCUT2D eigenvalue weighted by molar-refractivity contribution is 6.20. The highest BCUT2D eigenvalue weighted by atomic mass is 16.6. The van der Waals surface area contributed by atoms with Gasteiger partial charge in [0.15, 0.2) is 0 Å². The molecule has 0 bridgehead atoms. The fraction of sp³-hybridized carbons (Fsp3) is 0.250. The Kier molecular flexibility index (Phi) is 16.4. The number of hydrogen-bond acceptors (Lipinski definition) is 16. The van der Waals surface area contributed by atoms with Gasteiger partial charge in [-0.15, -0.1) is 0 Å². The minimum absolute atomic E-state index is 0.0660. The number of benzene rings is 7. The molecular formula is C56H50N4O16. The Morgan fingerprint density at radius 2 is 0.711 bits per heavy atom. The number of rotatable bonds is 26. The molecule has 20 nitrogen and oxygen atoms in total. The summed E-state index contributed by atoms with van der Waals surface area (Å²) in [5.74, 6) is 1.01. The summed E-state index contributed by atoms with van der Waals surface area (Å²) in [7, 11) is 3.19. The van der Waals surface area contributed by atoms with Gasteiger partial charge in [-0.05, 0) is 105 Å². The van der Waals surface area contributed by atoms with Gasteiger partial charge in [-0.3, -0.25) is 39.4 Å². The van der Waals surface area contributed by atoms with Crippen molar-refractivity contribution < 1.29 is 47.7 Å². The van der Waals surface area contributed by atoms with Crippen LogP contribution in [0, 0.1) is 20.2 Å². The van der Waals surface area contributed by atoms with Gasteiger partial charge in [0.25, 0.3) is 33.6 Å². The molecule has 9 aromatic rings. The first-order chi connectivity index (χ1) is 37.0.